The molecule has 1 unspecified atom stereocenters. The third-order valence-electron chi connectivity index (χ3n) is 1.81. The maximum Gasteiger partial charge on any atom is 0.415 e. The van der Waals surface area contributed by atoms with Crippen molar-refractivity contribution in [2.45, 2.75) is 18.8 Å². The van der Waals surface area contributed by atoms with Crippen LogP contribution in [0, 0.1) is 5.82 Å². The number of hydrogen-bond donors (Lipinski definition) is 2. The van der Waals surface area contributed by atoms with Gasteiger partial charge < -0.3 is 10.4 Å². The fourth-order valence-corrected chi connectivity index (χ4v) is 1.02. The molecular weight excluding hydrogens is 228 g/mol. The summed E-state index contributed by atoms with van der Waals surface area (Å²) in [6.45, 7) is -0.627. The standard InChI is InChI=1S/C9H10F4N2O/c10-7-1-6(2-14-4-7)3-15-5-8(16)9(11,12)13/h1-2,4,8,15-16H,3,5H2. The van der Waals surface area contributed by atoms with Gasteiger partial charge in [-0.3, -0.25) is 4.98 Å². The first-order valence-electron chi connectivity index (χ1n) is 4.44. The van der Waals surface area contributed by atoms with Gasteiger partial charge in [0.2, 0.25) is 0 Å². The van der Waals surface area contributed by atoms with Gasteiger partial charge in [-0.1, -0.05) is 0 Å². The Morgan fingerprint density at radius 2 is 2.06 bits per heavy atom. The van der Waals surface area contributed by atoms with Gasteiger partial charge in [0.1, 0.15) is 5.82 Å². The van der Waals surface area contributed by atoms with Crippen LogP contribution >= 0.6 is 0 Å². The second kappa shape index (κ2) is 5.22. The van der Waals surface area contributed by atoms with Gasteiger partial charge in [0.05, 0.1) is 6.20 Å². The van der Waals surface area contributed by atoms with E-state index < -0.39 is 24.6 Å². The first-order valence-corrected chi connectivity index (χ1v) is 4.44. The van der Waals surface area contributed by atoms with Gasteiger partial charge in [0.25, 0.3) is 0 Å². The lowest BCUT2D eigenvalue weighted by Crippen LogP contribution is -2.38. The highest BCUT2D eigenvalue weighted by atomic mass is 19.4. The van der Waals surface area contributed by atoms with Crippen LogP contribution in [-0.4, -0.2) is 28.9 Å². The molecule has 1 aromatic rings. The number of pyridine rings is 1. The molecule has 1 heterocycles. The van der Waals surface area contributed by atoms with E-state index in [4.69, 9.17) is 5.11 Å². The lowest BCUT2D eigenvalue weighted by Gasteiger charge is -2.14. The molecule has 0 aliphatic carbocycles. The minimum absolute atomic E-state index is 0.0118. The number of rotatable bonds is 4. The number of aromatic nitrogens is 1. The highest BCUT2D eigenvalue weighted by molar-refractivity contribution is 5.09. The normalized spacial score (nSPS) is 13.8. The molecule has 0 aliphatic heterocycles. The molecule has 0 spiro atoms. The zero-order valence-electron chi connectivity index (χ0n) is 8.13. The molecule has 0 saturated heterocycles. The molecule has 0 amide bonds. The fraction of sp³-hybridized carbons (Fsp3) is 0.444. The monoisotopic (exact) mass is 238 g/mol. The van der Waals surface area contributed by atoms with Crippen molar-refractivity contribution in [2.24, 2.45) is 0 Å². The second-order valence-corrected chi connectivity index (χ2v) is 3.20. The first kappa shape index (κ1) is 12.9. The fourth-order valence-electron chi connectivity index (χ4n) is 1.02. The van der Waals surface area contributed by atoms with Gasteiger partial charge in [-0.2, -0.15) is 13.2 Å². The molecule has 90 valence electrons. The van der Waals surface area contributed by atoms with Crippen LogP contribution in [0.4, 0.5) is 17.6 Å². The van der Waals surface area contributed by atoms with Gasteiger partial charge >= 0.3 is 6.18 Å². The van der Waals surface area contributed by atoms with Gasteiger partial charge in [-0.15, -0.1) is 0 Å². The minimum Gasteiger partial charge on any atom is -0.382 e. The lowest BCUT2D eigenvalue weighted by atomic mass is 10.2. The molecule has 0 radical (unpaired) electrons. The van der Waals surface area contributed by atoms with E-state index in [1.807, 2.05) is 0 Å². The van der Waals surface area contributed by atoms with Gasteiger partial charge in [0, 0.05) is 19.3 Å². The number of alkyl halides is 3. The molecule has 0 aromatic carbocycles. The topological polar surface area (TPSA) is 45.1 Å². The van der Waals surface area contributed by atoms with Crippen LogP contribution in [0.1, 0.15) is 5.56 Å². The summed E-state index contributed by atoms with van der Waals surface area (Å²) < 4.78 is 48.3. The smallest absolute Gasteiger partial charge is 0.382 e. The summed E-state index contributed by atoms with van der Waals surface area (Å²) in [5, 5.41) is 11.0. The molecule has 7 heteroatoms. The Morgan fingerprint density at radius 1 is 1.38 bits per heavy atom. The molecule has 0 aliphatic rings. The van der Waals surface area contributed by atoms with Crippen LogP contribution in [0.15, 0.2) is 18.5 Å². The molecule has 2 N–H and O–H groups in total. The predicted molar refractivity (Wildman–Crippen MR) is 48.0 cm³/mol. The molecule has 0 bridgehead atoms. The number of nitrogens with zero attached hydrogens (tertiary/aromatic N) is 1. The third-order valence-corrected chi connectivity index (χ3v) is 1.81. The Morgan fingerprint density at radius 3 is 2.62 bits per heavy atom. The summed E-state index contributed by atoms with van der Waals surface area (Å²) in [4.78, 5) is 3.53. The van der Waals surface area contributed by atoms with E-state index in [9.17, 15) is 17.6 Å². The Balaban J connectivity index is 2.36. The zero-order valence-corrected chi connectivity index (χ0v) is 8.13. The average Bonchev–Trinajstić information content (AvgIpc) is 2.16. The number of aliphatic hydroxyl groups is 1. The number of halogens is 4. The predicted octanol–water partition coefficient (Wildman–Crippen LogP) is 1.23. The van der Waals surface area contributed by atoms with Crippen LogP contribution < -0.4 is 5.32 Å². The largest absolute Gasteiger partial charge is 0.415 e. The van der Waals surface area contributed by atoms with Crippen molar-refractivity contribution in [3.05, 3.63) is 29.8 Å². The van der Waals surface area contributed by atoms with Crippen molar-refractivity contribution in [1.29, 1.82) is 0 Å². The van der Waals surface area contributed by atoms with E-state index in [-0.39, 0.29) is 6.54 Å². The summed E-state index contributed by atoms with van der Waals surface area (Å²) >= 11 is 0. The number of aliphatic hydroxyl groups excluding tert-OH is 1. The molecular formula is C9H10F4N2O. The van der Waals surface area contributed by atoms with Crippen LogP contribution in [0.5, 0.6) is 0 Å². The van der Waals surface area contributed by atoms with Gasteiger partial charge in [-0.05, 0) is 11.6 Å². The summed E-state index contributed by atoms with van der Waals surface area (Å²) in [6.07, 6.45) is -4.74. The molecule has 0 saturated carbocycles. The van der Waals surface area contributed by atoms with E-state index in [0.717, 1.165) is 12.3 Å². The number of hydrogen-bond acceptors (Lipinski definition) is 3. The Hall–Kier alpha value is -1.21. The number of nitrogens with one attached hydrogen (secondary N) is 1. The average molecular weight is 238 g/mol. The quantitative estimate of drug-likeness (QED) is 0.775. The van der Waals surface area contributed by atoms with Crippen LogP contribution in [0.2, 0.25) is 0 Å². The Kier molecular flexibility index (Phi) is 4.19. The van der Waals surface area contributed by atoms with E-state index in [0.29, 0.717) is 5.56 Å². The van der Waals surface area contributed by atoms with Crippen molar-refractivity contribution in [2.75, 3.05) is 6.54 Å². The summed E-state index contributed by atoms with van der Waals surface area (Å²) in [5.41, 5.74) is 0.411. The van der Waals surface area contributed by atoms with Crippen LogP contribution in [-0.2, 0) is 6.54 Å². The van der Waals surface area contributed by atoms with Crippen molar-refractivity contribution in [1.82, 2.24) is 10.3 Å². The van der Waals surface area contributed by atoms with Gasteiger partial charge in [-0.25, -0.2) is 4.39 Å². The second-order valence-electron chi connectivity index (χ2n) is 3.20. The van der Waals surface area contributed by atoms with E-state index >= 15 is 0 Å². The summed E-state index contributed by atoms with van der Waals surface area (Å²) in [7, 11) is 0. The first-order chi connectivity index (χ1) is 7.39. The SMILES string of the molecule is OC(CNCc1cncc(F)c1)C(F)(F)F. The summed E-state index contributed by atoms with van der Waals surface area (Å²) in [5.74, 6) is -0.560. The third kappa shape index (κ3) is 4.11. The maximum atomic E-state index is 12.6. The lowest BCUT2D eigenvalue weighted by molar-refractivity contribution is -0.201. The Bertz CT molecular complexity index is 343. The van der Waals surface area contributed by atoms with Crippen molar-refractivity contribution in [3.63, 3.8) is 0 Å². The van der Waals surface area contributed by atoms with E-state index in [2.05, 4.69) is 10.3 Å². The van der Waals surface area contributed by atoms with Gasteiger partial charge in [0.15, 0.2) is 6.10 Å². The van der Waals surface area contributed by atoms with E-state index in [1.54, 1.807) is 0 Å². The molecule has 3 nitrogen and oxygen atoms in total. The van der Waals surface area contributed by atoms with Crippen molar-refractivity contribution < 1.29 is 22.7 Å². The molecule has 16 heavy (non-hydrogen) atoms. The van der Waals surface area contributed by atoms with Crippen LogP contribution in [0.25, 0.3) is 0 Å². The zero-order chi connectivity index (χ0) is 12.2. The van der Waals surface area contributed by atoms with Crippen LogP contribution in [0.3, 0.4) is 0 Å². The van der Waals surface area contributed by atoms with Crippen molar-refractivity contribution in [3.8, 4) is 0 Å². The minimum atomic E-state index is -4.65. The Labute approximate surface area is 89.1 Å². The maximum absolute atomic E-state index is 12.6. The molecule has 1 atom stereocenters. The molecule has 1 rings (SSSR count). The highest BCUT2D eigenvalue weighted by Crippen LogP contribution is 2.19. The van der Waals surface area contributed by atoms with E-state index in [1.165, 1.54) is 6.20 Å². The van der Waals surface area contributed by atoms with Crippen molar-refractivity contribution >= 4 is 0 Å². The molecule has 1 aromatic heterocycles. The molecule has 0 fully saturated rings. The highest BCUT2D eigenvalue weighted by Gasteiger charge is 2.37. The summed E-state index contributed by atoms with van der Waals surface area (Å²) in [6, 6.07) is 1.15.